The van der Waals surface area contributed by atoms with E-state index >= 15 is 0 Å². The molecule has 1 aliphatic rings. The number of piperidine rings is 1. The van der Waals surface area contributed by atoms with Crippen molar-refractivity contribution in [3.8, 4) is 22.8 Å². The maximum absolute atomic E-state index is 13.2. The van der Waals surface area contributed by atoms with Gasteiger partial charge in [0, 0.05) is 24.2 Å². The van der Waals surface area contributed by atoms with E-state index in [1.54, 1.807) is 43.4 Å². The number of nitrogens with zero attached hydrogens (tertiary/aromatic N) is 4. The van der Waals surface area contributed by atoms with Crippen molar-refractivity contribution in [3.63, 3.8) is 0 Å². The minimum atomic E-state index is -1.11. The molecule has 3 heterocycles. The molecule has 1 amide bonds. The third-order valence-corrected chi connectivity index (χ3v) is 7.42. The number of methoxy groups -OCH3 is 2. The fraction of sp³-hybridized carbons (Fsp3) is 0.308. The molecule has 2 aromatic heterocycles. The number of hydrogen-bond acceptors (Lipinski definition) is 8. The number of rotatable bonds is 6. The van der Waals surface area contributed by atoms with Crippen LogP contribution in [-0.4, -0.2) is 62.7 Å². The summed E-state index contributed by atoms with van der Waals surface area (Å²) >= 11 is 1.10. The van der Waals surface area contributed by atoms with E-state index < -0.39 is 5.60 Å². The van der Waals surface area contributed by atoms with Gasteiger partial charge in [0.1, 0.15) is 27.4 Å². The number of fused-ring (bicyclic) bond motifs is 1. The van der Waals surface area contributed by atoms with Crippen molar-refractivity contribution in [1.29, 1.82) is 0 Å². The first-order valence-corrected chi connectivity index (χ1v) is 12.3. The van der Waals surface area contributed by atoms with Gasteiger partial charge in [0.15, 0.2) is 0 Å². The van der Waals surface area contributed by atoms with Crippen molar-refractivity contribution in [1.82, 2.24) is 18.8 Å². The predicted molar refractivity (Wildman–Crippen MR) is 137 cm³/mol. The topological polar surface area (TPSA) is 107 Å². The molecular weight excluding hydrogens is 480 g/mol. The summed E-state index contributed by atoms with van der Waals surface area (Å²) in [5.41, 5.74) is 1.26. The average molecular weight is 507 g/mol. The lowest BCUT2D eigenvalue weighted by Gasteiger charge is -2.38. The number of benzene rings is 2. The molecule has 1 N–H and O–H groups in total. The van der Waals surface area contributed by atoms with E-state index in [-0.39, 0.29) is 18.0 Å². The van der Waals surface area contributed by atoms with Gasteiger partial charge in [-0.2, -0.15) is 4.37 Å². The molecule has 2 aromatic carbocycles. The molecule has 0 radical (unpaired) electrons. The lowest BCUT2D eigenvalue weighted by Crippen LogP contribution is -2.49. The second-order valence-electron chi connectivity index (χ2n) is 8.86. The molecule has 1 saturated heterocycles. The highest BCUT2D eigenvalue weighted by atomic mass is 32.1. The Kier molecular flexibility index (Phi) is 6.46. The molecule has 1 fully saturated rings. The van der Waals surface area contributed by atoms with Crippen molar-refractivity contribution >= 4 is 27.7 Å². The fourth-order valence-corrected chi connectivity index (χ4v) is 5.23. The van der Waals surface area contributed by atoms with Gasteiger partial charge in [-0.05, 0) is 72.9 Å². The maximum atomic E-state index is 13.2. The Hall–Kier alpha value is -3.76. The molecule has 0 aliphatic carbocycles. The zero-order valence-corrected chi connectivity index (χ0v) is 20.8. The van der Waals surface area contributed by atoms with Crippen LogP contribution in [0.25, 0.3) is 21.5 Å². The van der Waals surface area contributed by atoms with Crippen LogP contribution in [0.5, 0.6) is 11.5 Å². The van der Waals surface area contributed by atoms with Crippen molar-refractivity contribution in [2.24, 2.45) is 0 Å². The lowest BCUT2D eigenvalue weighted by molar-refractivity contribution is -0.0299. The van der Waals surface area contributed by atoms with Crippen molar-refractivity contribution in [2.75, 3.05) is 27.3 Å². The number of aromatic nitrogens is 3. The zero-order chi connectivity index (χ0) is 25.3. The molecule has 9 nitrogen and oxygen atoms in total. The smallest absolute Gasteiger partial charge is 0.273 e. The van der Waals surface area contributed by atoms with E-state index in [4.69, 9.17) is 9.47 Å². The van der Waals surface area contributed by atoms with E-state index in [2.05, 4.69) is 9.36 Å². The van der Waals surface area contributed by atoms with E-state index in [0.29, 0.717) is 53.2 Å². The summed E-state index contributed by atoms with van der Waals surface area (Å²) in [5, 5.41) is 11.2. The number of carbonyl (C=O) groups excluding carboxylic acids is 1. The quantitative estimate of drug-likeness (QED) is 0.428. The number of ether oxygens (including phenoxy) is 2. The summed E-state index contributed by atoms with van der Waals surface area (Å²) in [6, 6.07) is 14.4. The second-order valence-corrected chi connectivity index (χ2v) is 9.63. The minimum Gasteiger partial charge on any atom is -0.497 e. The highest BCUT2D eigenvalue weighted by molar-refractivity contribution is 7.13. The third-order valence-electron chi connectivity index (χ3n) is 6.60. The van der Waals surface area contributed by atoms with Crippen LogP contribution in [-0.2, 0) is 6.54 Å². The molecule has 1 aliphatic heterocycles. The first kappa shape index (κ1) is 24.0. The lowest BCUT2D eigenvalue weighted by atomic mass is 9.91. The third kappa shape index (κ3) is 4.57. The molecule has 0 bridgehead atoms. The van der Waals surface area contributed by atoms with Crippen LogP contribution in [0.2, 0.25) is 0 Å². The van der Waals surface area contributed by atoms with E-state index in [1.165, 1.54) is 10.9 Å². The maximum Gasteiger partial charge on any atom is 0.273 e. The Morgan fingerprint density at radius 2 is 1.64 bits per heavy atom. The molecule has 186 valence electrons. The SMILES string of the molecule is COc1ccc(C(=O)N2CCC(O)(Cn3cnc4c(-c5ccc(OC)cc5)nsc4c3=O)CC2)cc1. The number of likely N-dealkylation sites (tertiary alicyclic amines) is 1. The van der Waals surface area contributed by atoms with Gasteiger partial charge in [0.25, 0.3) is 11.5 Å². The summed E-state index contributed by atoms with van der Waals surface area (Å²) in [7, 11) is 3.18. The molecule has 0 unspecified atom stereocenters. The monoisotopic (exact) mass is 506 g/mol. The normalized spacial score (nSPS) is 15.1. The average Bonchev–Trinajstić information content (AvgIpc) is 3.35. The van der Waals surface area contributed by atoms with Crippen LogP contribution in [0.3, 0.4) is 0 Å². The first-order chi connectivity index (χ1) is 17.4. The second kappa shape index (κ2) is 9.71. The minimum absolute atomic E-state index is 0.0873. The van der Waals surface area contributed by atoms with Gasteiger partial charge in [0.05, 0.1) is 32.7 Å². The van der Waals surface area contributed by atoms with Gasteiger partial charge in [-0.1, -0.05) is 0 Å². The number of amides is 1. The van der Waals surface area contributed by atoms with Gasteiger partial charge in [-0.3, -0.25) is 14.2 Å². The fourth-order valence-electron chi connectivity index (χ4n) is 4.42. The highest BCUT2D eigenvalue weighted by Gasteiger charge is 2.35. The van der Waals surface area contributed by atoms with Gasteiger partial charge in [0.2, 0.25) is 0 Å². The first-order valence-electron chi connectivity index (χ1n) is 11.6. The molecule has 0 saturated carbocycles. The number of aliphatic hydroxyl groups is 1. The van der Waals surface area contributed by atoms with E-state index in [0.717, 1.165) is 22.8 Å². The van der Waals surface area contributed by atoms with Crippen molar-refractivity contribution < 1.29 is 19.4 Å². The molecule has 5 rings (SSSR count). The van der Waals surface area contributed by atoms with Crippen LogP contribution < -0.4 is 15.0 Å². The molecule has 36 heavy (non-hydrogen) atoms. The van der Waals surface area contributed by atoms with Gasteiger partial charge in [-0.15, -0.1) is 0 Å². The highest BCUT2D eigenvalue weighted by Crippen LogP contribution is 2.30. The van der Waals surface area contributed by atoms with Crippen LogP contribution in [0.4, 0.5) is 0 Å². The van der Waals surface area contributed by atoms with Crippen molar-refractivity contribution in [2.45, 2.75) is 25.0 Å². The van der Waals surface area contributed by atoms with Gasteiger partial charge < -0.3 is 19.5 Å². The number of carbonyl (C=O) groups is 1. The largest absolute Gasteiger partial charge is 0.497 e. The van der Waals surface area contributed by atoms with Crippen molar-refractivity contribution in [3.05, 3.63) is 70.8 Å². The molecule has 0 atom stereocenters. The molecular formula is C26H26N4O5S. The summed E-state index contributed by atoms with van der Waals surface area (Å²) < 4.78 is 16.7. The van der Waals surface area contributed by atoms with Crippen LogP contribution in [0.15, 0.2) is 59.7 Å². The van der Waals surface area contributed by atoms with E-state index in [9.17, 15) is 14.7 Å². The standard InChI is InChI=1S/C26H26N4O5S/c1-34-19-7-3-17(4-8-19)21-22-23(36-28-21)25(32)30(16-27-22)15-26(33)11-13-29(14-12-26)24(31)18-5-9-20(35-2)10-6-18/h3-10,16,33H,11-15H2,1-2H3. The Balaban J connectivity index is 1.29. The molecule has 4 aromatic rings. The Labute approximate surface area is 211 Å². The number of hydrogen-bond donors (Lipinski definition) is 1. The Bertz CT molecular complexity index is 1440. The summed E-state index contributed by atoms with van der Waals surface area (Å²) in [6.07, 6.45) is 2.19. The summed E-state index contributed by atoms with van der Waals surface area (Å²) in [6.45, 7) is 0.900. The Morgan fingerprint density at radius 3 is 2.25 bits per heavy atom. The van der Waals surface area contributed by atoms with Gasteiger partial charge >= 0.3 is 0 Å². The van der Waals surface area contributed by atoms with Crippen LogP contribution >= 0.6 is 11.5 Å². The molecule has 10 heteroatoms. The zero-order valence-electron chi connectivity index (χ0n) is 20.0. The Morgan fingerprint density at radius 1 is 1.03 bits per heavy atom. The molecule has 0 spiro atoms. The van der Waals surface area contributed by atoms with E-state index in [1.807, 2.05) is 24.3 Å². The van der Waals surface area contributed by atoms with Crippen LogP contribution in [0.1, 0.15) is 23.2 Å². The van der Waals surface area contributed by atoms with Gasteiger partial charge in [-0.25, -0.2) is 4.98 Å². The summed E-state index contributed by atoms with van der Waals surface area (Å²) in [5.74, 6) is 1.34. The summed E-state index contributed by atoms with van der Waals surface area (Å²) in [4.78, 5) is 32.3. The van der Waals surface area contributed by atoms with Crippen LogP contribution in [0, 0.1) is 0 Å². The predicted octanol–water partition coefficient (Wildman–Crippen LogP) is 3.20.